The van der Waals surface area contributed by atoms with Crippen molar-refractivity contribution in [3.8, 4) is 11.1 Å². The summed E-state index contributed by atoms with van der Waals surface area (Å²) in [5.41, 5.74) is 0.864. The third-order valence-electron chi connectivity index (χ3n) is 5.67. The van der Waals surface area contributed by atoms with Crippen LogP contribution in [0, 0.1) is 11.6 Å². The Balaban J connectivity index is 1.66. The topological polar surface area (TPSA) is 98.9 Å². The second kappa shape index (κ2) is 9.00. The van der Waals surface area contributed by atoms with Crippen LogP contribution in [0.5, 0.6) is 0 Å². The number of rotatable bonds is 6. The van der Waals surface area contributed by atoms with Crippen LogP contribution in [0.1, 0.15) is 5.56 Å². The molecule has 0 aliphatic carbocycles. The normalized spacial score (nSPS) is 11.6. The van der Waals surface area contributed by atoms with Crippen molar-refractivity contribution in [1.82, 2.24) is 18.5 Å². The third-order valence-corrected chi connectivity index (χ3v) is 7.27. The smallest absolute Gasteiger partial charge is 0.275 e. The van der Waals surface area contributed by atoms with Gasteiger partial charge in [0.2, 0.25) is 10.0 Å². The van der Waals surface area contributed by atoms with E-state index in [-0.39, 0.29) is 22.8 Å². The van der Waals surface area contributed by atoms with Crippen LogP contribution in [0.15, 0.2) is 84.3 Å². The summed E-state index contributed by atoms with van der Waals surface area (Å²) < 4.78 is 56.4. The molecule has 0 fully saturated rings. The number of pyridine rings is 1. The Kier molecular flexibility index (Phi) is 5.84. The maximum absolute atomic E-state index is 14.3. The maximum Gasteiger partial charge on any atom is 0.275 e. The van der Waals surface area contributed by atoms with E-state index in [4.69, 9.17) is 0 Å². The number of aryl methyl sites for hydroxylation is 1. The Morgan fingerprint density at radius 3 is 2.56 bits per heavy atom. The Morgan fingerprint density at radius 1 is 1.03 bits per heavy atom. The molecule has 0 saturated heterocycles. The molecule has 0 aliphatic heterocycles. The zero-order chi connectivity index (χ0) is 25.4. The molecular weight excluding hydrogens is 488 g/mol. The van der Waals surface area contributed by atoms with Gasteiger partial charge in [-0.3, -0.25) is 4.79 Å². The lowest BCUT2D eigenvalue weighted by atomic mass is 10.1. The molecule has 0 unspecified atom stereocenters. The van der Waals surface area contributed by atoms with Gasteiger partial charge < -0.3 is 9.88 Å². The molecule has 3 aromatic heterocycles. The van der Waals surface area contributed by atoms with Crippen LogP contribution in [0.2, 0.25) is 0 Å². The van der Waals surface area contributed by atoms with E-state index in [2.05, 4.69) is 15.3 Å². The van der Waals surface area contributed by atoms with Crippen LogP contribution in [-0.4, -0.2) is 26.9 Å². The van der Waals surface area contributed by atoms with Gasteiger partial charge in [-0.25, -0.2) is 31.1 Å². The highest BCUT2D eigenvalue weighted by Gasteiger charge is 2.23. The van der Waals surface area contributed by atoms with Crippen molar-refractivity contribution in [3.05, 3.63) is 107 Å². The van der Waals surface area contributed by atoms with Gasteiger partial charge in [-0.15, -0.1) is 0 Å². The lowest BCUT2D eigenvalue weighted by molar-refractivity contribution is 0.585. The Hall–Kier alpha value is -4.38. The van der Waals surface area contributed by atoms with Gasteiger partial charge in [0.05, 0.1) is 11.4 Å². The van der Waals surface area contributed by atoms with Crippen molar-refractivity contribution in [2.24, 2.45) is 7.05 Å². The first kappa shape index (κ1) is 23.4. The molecule has 0 saturated carbocycles. The minimum atomic E-state index is -3.93. The lowest BCUT2D eigenvalue weighted by Crippen LogP contribution is -2.23. The van der Waals surface area contributed by atoms with Crippen LogP contribution in [0.3, 0.4) is 0 Å². The molecule has 8 nitrogen and oxygen atoms in total. The molecule has 36 heavy (non-hydrogen) atoms. The molecule has 2 aromatic carbocycles. The first-order chi connectivity index (χ1) is 17.2. The van der Waals surface area contributed by atoms with E-state index in [0.717, 1.165) is 16.1 Å². The first-order valence-corrected chi connectivity index (χ1v) is 12.4. The standard InChI is InChI=1S/C25H19F2N5O3S/c1-31-13-20(19-12-28-15-29-24(19)30-22-8-7-17(26)11-21(22)27)18-9-10-32(23(18)25(31)33)36(34,35)14-16-5-3-2-4-6-16/h2-13,15H,14H2,1H3,(H,28,29,30). The van der Waals surface area contributed by atoms with Gasteiger partial charge in [-0.2, -0.15) is 0 Å². The van der Waals surface area contributed by atoms with E-state index >= 15 is 0 Å². The van der Waals surface area contributed by atoms with Crippen LogP contribution < -0.4 is 10.9 Å². The number of hydrogen-bond acceptors (Lipinski definition) is 6. The van der Waals surface area contributed by atoms with E-state index in [1.165, 1.54) is 48.7 Å². The van der Waals surface area contributed by atoms with Crippen LogP contribution in [0.25, 0.3) is 22.0 Å². The summed E-state index contributed by atoms with van der Waals surface area (Å²) in [4.78, 5) is 21.3. The second-order valence-corrected chi connectivity index (χ2v) is 9.95. The van der Waals surface area contributed by atoms with Crippen LogP contribution in [0.4, 0.5) is 20.3 Å². The number of fused-ring (bicyclic) bond motifs is 1. The Morgan fingerprint density at radius 2 is 1.81 bits per heavy atom. The van der Waals surface area contributed by atoms with Crippen molar-refractivity contribution in [3.63, 3.8) is 0 Å². The quantitative estimate of drug-likeness (QED) is 0.370. The summed E-state index contributed by atoms with van der Waals surface area (Å²) in [5.74, 6) is -1.65. The summed E-state index contributed by atoms with van der Waals surface area (Å²) in [6, 6.07) is 13.3. The van der Waals surface area contributed by atoms with Gasteiger partial charge in [0, 0.05) is 48.2 Å². The minimum Gasteiger partial charge on any atom is -0.337 e. The fourth-order valence-corrected chi connectivity index (χ4v) is 5.43. The van der Waals surface area contributed by atoms with Crippen LogP contribution in [-0.2, 0) is 22.8 Å². The van der Waals surface area contributed by atoms with E-state index in [0.29, 0.717) is 22.1 Å². The van der Waals surface area contributed by atoms with Gasteiger partial charge in [0.25, 0.3) is 5.56 Å². The van der Waals surface area contributed by atoms with Gasteiger partial charge >= 0.3 is 0 Å². The lowest BCUT2D eigenvalue weighted by Gasteiger charge is -2.14. The molecule has 3 heterocycles. The maximum atomic E-state index is 14.3. The molecule has 0 spiro atoms. The van der Waals surface area contributed by atoms with Gasteiger partial charge in [0.1, 0.15) is 29.3 Å². The molecule has 0 bridgehead atoms. The Labute approximate surface area is 204 Å². The fraction of sp³-hybridized carbons (Fsp3) is 0.0800. The number of benzene rings is 2. The van der Waals surface area contributed by atoms with Crippen molar-refractivity contribution < 1.29 is 17.2 Å². The summed E-state index contributed by atoms with van der Waals surface area (Å²) in [6.45, 7) is 0. The highest BCUT2D eigenvalue weighted by Crippen LogP contribution is 2.33. The molecular formula is C25H19F2N5O3S. The predicted molar refractivity (Wildman–Crippen MR) is 132 cm³/mol. The van der Waals surface area contributed by atoms with E-state index in [1.54, 1.807) is 30.3 Å². The van der Waals surface area contributed by atoms with Crippen molar-refractivity contribution in [1.29, 1.82) is 0 Å². The molecule has 0 atom stereocenters. The number of nitrogens with zero attached hydrogens (tertiary/aromatic N) is 4. The Bertz CT molecular complexity index is 1770. The average molecular weight is 508 g/mol. The summed E-state index contributed by atoms with van der Waals surface area (Å²) >= 11 is 0. The summed E-state index contributed by atoms with van der Waals surface area (Å²) in [5, 5.41) is 3.18. The molecule has 0 amide bonds. The summed E-state index contributed by atoms with van der Waals surface area (Å²) in [6.07, 6.45) is 5.59. The number of nitrogens with one attached hydrogen (secondary N) is 1. The number of halogens is 2. The van der Waals surface area contributed by atoms with Gasteiger partial charge in [-0.1, -0.05) is 30.3 Å². The van der Waals surface area contributed by atoms with E-state index in [1.807, 2.05) is 0 Å². The van der Waals surface area contributed by atoms with Gasteiger partial charge in [-0.05, 0) is 23.8 Å². The average Bonchev–Trinajstić information content (AvgIpc) is 3.31. The highest BCUT2D eigenvalue weighted by atomic mass is 32.2. The molecule has 0 aliphatic rings. The van der Waals surface area contributed by atoms with Crippen molar-refractivity contribution >= 4 is 32.4 Å². The molecule has 1 N–H and O–H groups in total. The number of anilines is 2. The zero-order valence-corrected chi connectivity index (χ0v) is 19.7. The van der Waals surface area contributed by atoms with E-state index < -0.39 is 27.2 Å². The van der Waals surface area contributed by atoms with Gasteiger partial charge in [0.15, 0.2) is 0 Å². The molecule has 5 aromatic rings. The second-order valence-electron chi connectivity index (χ2n) is 8.11. The monoisotopic (exact) mass is 507 g/mol. The van der Waals surface area contributed by atoms with Crippen LogP contribution >= 0.6 is 0 Å². The molecule has 0 radical (unpaired) electrons. The number of hydrogen-bond donors (Lipinski definition) is 1. The molecule has 5 rings (SSSR count). The zero-order valence-electron chi connectivity index (χ0n) is 18.9. The first-order valence-electron chi connectivity index (χ1n) is 10.7. The SMILES string of the molecule is Cn1cc(-c2cncnc2Nc2ccc(F)cc2F)c2ccn(S(=O)(=O)Cc3ccccc3)c2c1=O. The largest absolute Gasteiger partial charge is 0.337 e. The number of aromatic nitrogens is 4. The van der Waals surface area contributed by atoms with Crippen molar-refractivity contribution in [2.45, 2.75) is 5.75 Å². The molecule has 11 heteroatoms. The minimum absolute atomic E-state index is 0.0135. The van der Waals surface area contributed by atoms with Crippen molar-refractivity contribution in [2.75, 3.05) is 5.32 Å². The molecule has 182 valence electrons. The third kappa shape index (κ3) is 4.24. The fourth-order valence-electron chi connectivity index (χ4n) is 3.98. The van der Waals surface area contributed by atoms with E-state index in [9.17, 15) is 22.0 Å². The predicted octanol–water partition coefficient (Wildman–Crippen LogP) is 4.20. The highest BCUT2D eigenvalue weighted by molar-refractivity contribution is 7.89. The summed E-state index contributed by atoms with van der Waals surface area (Å²) in [7, 11) is -2.43.